The van der Waals surface area contributed by atoms with Gasteiger partial charge in [-0.15, -0.1) is 0 Å². The maximum Gasteiger partial charge on any atom is 0.257 e. The van der Waals surface area contributed by atoms with Crippen molar-refractivity contribution < 1.29 is 4.79 Å². The number of hydrogen-bond acceptors (Lipinski definition) is 4. The second kappa shape index (κ2) is 6.74. The highest BCUT2D eigenvalue weighted by molar-refractivity contribution is 5.93. The molecule has 7 nitrogen and oxygen atoms in total. The van der Waals surface area contributed by atoms with Crippen molar-refractivity contribution in [2.24, 2.45) is 14.1 Å². The molecule has 0 spiro atoms. The van der Waals surface area contributed by atoms with Gasteiger partial charge in [0.1, 0.15) is 0 Å². The van der Waals surface area contributed by atoms with Gasteiger partial charge in [-0.3, -0.25) is 19.1 Å². The molecule has 1 aliphatic heterocycles. The molecule has 0 saturated carbocycles. The fraction of sp³-hybridized carbons (Fsp3) is 0.368. The van der Waals surface area contributed by atoms with Crippen LogP contribution in [0.5, 0.6) is 0 Å². The van der Waals surface area contributed by atoms with Crippen LogP contribution in [0.25, 0.3) is 11.1 Å². The number of pyridine rings is 1. The number of rotatable bonds is 3. The van der Waals surface area contributed by atoms with E-state index < -0.39 is 0 Å². The maximum atomic E-state index is 12.5. The first kappa shape index (κ1) is 16.5. The normalized spacial score (nSPS) is 15.4. The van der Waals surface area contributed by atoms with E-state index >= 15 is 0 Å². The van der Waals surface area contributed by atoms with Gasteiger partial charge >= 0.3 is 0 Å². The summed E-state index contributed by atoms with van der Waals surface area (Å²) in [6, 6.07) is 4.21. The van der Waals surface area contributed by atoms with Gasteiger partial charge in [0, 0.05) is 68.5 Å². The Morgan fingerprint density at radius 1 is 0.962 bits per heavy atom. The Balaban J connectivity index is 1.39. The number of hydrogen-bond donors (Lipinski definition) is 0. The van der Waals surface area contributed by atoms with Crippen molar-refractivity contribution in [2.75, 3.05) is 13.1 Å². The standard InChI is InChI=1S/C19H22N6O/c1-23-12-16(10-21-23)15-3-4-18(20-9-15)14-5-7-25(8-6-14)19(26)17-11-22-24(2)13-17/h3-4,9-14H,5-8H2,1-2H3. The molecule has 1 aliphatic rings. The van der Waals surface area contributed by atoms with Crippen LogP contribution >= 0.6 is 0 Å². The third-order valence-electron chi connectivity index (χ3n) is 4.98. The molecule has 0 N–H and O–H groups in total. The summed E-state index contributed by atoms with van der Waals surface area (Å²) in [6.45, 7) is 1.51. The number of nitrogens with zero attached hydrogens (tertiary/aromatic N) is 6. The van der Waals surface area contributed by atoms with Crippen molar-refractivity contribution in [1.29, 1.82) is 0 Å². The smallest absolute Gasteiger partial charge is 0.257 e. The molecular formula is C19H22N6O. The lowest BCUT2D eigenvalue weighted by Gasteiger charge is -2.31. The first-order chi connectivity index (χ1) is 12.6. The predicted molar refractivity (Wildman–Crippen MR) is 97.5 cm³/mol. The highest BCUT2D eigenvalue weighted by Gasteiger charge is 2.25. The SMILES string of the molecule is Cn1cc(C(=O)N2CCC(c3ccc(-c4cnn(C)c4)cn3)CC2)cn1. The summed E-state index contributed by atoms with van der Waals surface area (Å²) in [5.41, 5.74) is 3.91. The molecule has 26 heavy (non-hydrogen) atoms. The lowest BCUT2D eigenvalue weighted by molar-refractivity contribution is 0.0712. The Labute approximate surface area is 152 Å². The zero-order chi connectivity index (χ0) is 18.1. The molecule has 0 radical (unpaired) electrons. The van der Waals surface area contributed by atoms with E-state index in [2.05, 4.69) is 27.3 Å². The number of carbonyl (C=O) groups excluding carboxylic acids is 1. The third-order valence-corrected chi connectivity index (χ3v) is 4.98. The molecule has 0 atom stereocenters. The van der Waals surface area contributed by atoms with Crippen LogP contribution in [0.2, 0.25) is 0 Å². The van der Waals surface area contributed by atoms with Crippen LogP contribution in [0.4, 0.5) is 0 Å². The Kier molecular flexibility index (Phi) is 4.28. The van der Waals surface area contributed by atoms with Crippen LogP contribution in [0.3, 0.4) is 0 Å². The van der Waals surface area contributed by atoms with Crippen molar-refractivity contribution in [3.05, 3.63) is 54.4 Å². The summed E-state index contributed by atoms with van der Waals surface area (Å²) in [4.78, 5) is 19.1. The van der Waals surface area contributed by atoms with E-state index in [-0.39, 0.29) is 5.91 Å². The zero-order valence-electron chi connectivity index (χ0n) is 15.0. The Hall–Kier alpha value is -2.96. The van der Waals surface area contributed by atoms with Crippen molar-refractivity contribution in [2.45, 2.75) is 18.8 Å². The van der Waals surface area contributed by atoms with E-state index in [4.69, 9.17) is 0 Å². The maximum absolute atomic E-state index is 12.5. The Morgan fingerprint density at radius 3 is 2.27 bits per heavy atom. The minimum absolute atomic E-state index is 0.0661. The van der Waals surface area contributed by atoms with Gasteiger partial charge in [0.25, 0.3) is 5.91 Å². The summed E-state index contributed by atoms with van der Waals surface area (Å²) in [5.74, 6) is 0.465. The van der Waals surface area contributed by atoms with Crippen LogP contribution in [0.1, 0.15) is 34.8 Å². The molecule has 0 aliphatic carbocycles. The summed E-state index contributed by atoms with van der Waals surface area (Å²) in [6.07, 6.45) is 11.0. The van der Waals surface area contributed by atoms with Crippen molar-refractivity contribution >= 4 is 5.91 Å². The van der Waals surface area contributed by atoms with Gasteiger partial charge in [0.05, 0.1) is 18.0 Å². The second-order valence-electron chi connectivity index (χ2n) is 6.84. The van der Waals surface area contributed by atoms with Gasteiger partial charge in [0.2, 0.25) is 0 Å². The average molecular weight is 350 g/mol. The minimum atomic E-state index is 0.0661. The summed E-state index contributed by atoms with van der Waals surface area (Å²) < 4.78 is 3.45. The Morgan fingerprint density at radius 2 is 1.69 bits per heavy atom. The molecule has 134 valence electrons. The first-order valence-corrected chi connectivity index (χ1v) is 8.83. The zero-order valence-corrected chi connectivity index (χ0v) is 15.0. The third kappa shape index (κ3) is 3.24. The van der Waals surface area contributed by atoms with Crippen LogP contribution < -0.4 is 0 Å². The van der Waals surface area contributed by atoms with E-state index in [1.54, 1.807) is 21.8 Å². The van der Waals surface area contributed by atoms with E-state index in [0.717, 1.165) is 42.8 Å². The highest BCUT2D eigenvalue weighted by atomic mass is 16.2. The van der Waals surface area contributed by atoms with E-state index in [9.17, 15) is 4.79 Å². The first-order valence-electron chi connectivity index (χ1n) is 8.83. The quantitative estimate of drug-likeness (QED) is 0.726. The largest absolute Gasteiger partial charge is 0.339 e. The molecule has 4 heterocycles. The average Bonchev–Trinajstić information content (AvgIpc) is 3.30. The second-order valence-corrected chi connectivity index (χ2v) is 6.84. The van der Waals surface area contributed by atoms with Gasteiger partial charge in [-0.2, -0.15) is 10.2 Å². The summed E-state index contributed by atoms with van der Waals surface area (Å²) >= 11 is 0. The predicted octanol–water partition coefficient (Wildman–Crippen LogP) is 2.24. The molecule has 0 unspecified atom stereocenters. The van der Waals surface area contributed by atoms with Crippen LogP contribution in [-0.4, -0.2) is 48.4 Å². The minimum Gasteiger partial charge on any atom is -0.339 e. The van der Waals surface area contributed by atoms with Gasteiger partial charge in [-0.1, -0.05) is 6.07 Å². The van der Waals surface area contributed by atoms with Gasteiger partial charge in [-0.25, -0.2) is 0 Å². The number of aromatic nitrogens is 5. The van der Waals surface area contributed by atoms with E-state index in [1.165, 1.54) is 0 Å². The molecule has 3 aromatic rings. The van der Waals surface area contributed by atoms with E-state index in [0.29, 0.717) is 11.5 Å². The van der Waals surface area contributed by atoms with Crippen LogP contribution in [-0.2, 0) is 14.1 Å². The fourth-order valence-corrected chi connectivity index (χ4v) is 3.48. The van der Waals surface area contributed by atoms with Crippen molar-refractivity contribution in [3.8, 4) is 11.1 Å². The number of piperidine rings is 1. The van der Waals surface area contributed by atoms with Crippen LogP contribution in [0, 0.1) is 0 Å². The molecule has 0 aromatic carbocycles. The number of amides is 1. The molecular weight excluding hydrogens is 328 g/mol. The van der Waals surface area contributed by atoms with Gasteiger partial charge < -0.3 is 4.90 Å². The van der Waals surface area contributed by atoms with E-state index in [1.807, 2.05) is 37.6 Å². The van der Waals surface area contributed by atoms with Gasteiger partial charge in [-0.05, 0) is 18.9 Å². The molecule has 3 aromatic heterocycles. The highest BCUT2D eigenvalue weighted by Crippen LogP contribution is 2.28. The fourth-order valence-electron chi connectivity index (χ4n) is 3.48. The molecule has 1 amide bonds. The number of likely N-dealkylation sites (tertiary alicyclic amines) is 1. The Bertz CT molecular complexity index is 902. The van der Waals surface area contributed by atoms with Crippen LogP contribution in [0.15, 0.2) is 43.1 Å². The molecule has 1 fully saturated rings. The summed E-state index contributed by atoms with van der Waals surface area (Å²) in [7, 11) is 3.73. The number of aryl methyl sites for hydroxylation is 2. The molecule has 4 rings (SSSR count). The molecule has 7 heteroatoms. The topological polar surface area (TPSA) is 68.8 Å². The lowest BCUT2D eigenvalue weighted by atomic mass is 9.92. The molecule has 1 saturated heterocycles. The van der Waals surface area contributed by atoms with Crippen molar-refractivity contribution in [3.63, 3.8) is 0 Å². The van der Waals surface area contributed by atoms with Gasteiger partial charge in [0.15, 0.2) is 0 Å². The number of carbonyl (C=O) groups is 1. The summed E-state index contributed by atoms with van der Waals surface area (Å²) in [5, 5.41) is 8.29. The monoisotopic (exact) mass is 350 g/mol. The lowest BCUT2D eigenvalue weighted by Crippen LogP contribution is -2.37. The van der Waals surface area contributed by atoms with Crippen molar-refractivity contribution in [1.82, 2.24) is 29.4 Å². The molecule has 0 bridgehead atoms.